The van der Waals surface area contributed by atoms with E-state index in [4.69, 9.17) is 4.74 Å². The standard InChI is InChI=1S/C12H21NOS2/c1-11-4-8-16-12(11)10-13-5-9-15-7-3-6-14-2/h4,8,13H,3,5-7,9-10H2,1-2H3. The van der Waals surface area contributed by atoms with Gasteiger partial charge in [0.15, 0.2) is 0 Å². The van der Waals surface area contributed by atoms with Gasteiger partial charge in [-0.1, -0.05) is 0 Å². The molecule has 0 spiro atoms. The van der Waals surface area contributed by atoms with E-state index in [0.29, 0.717) is 0 Å². The molecular formula is C12H21NOS2. The van der Waals surface area contributed by atoms with Gasteiger partial charge in [-0.15, -0.1) is 11.3 Å². The molecule has 0 aliphatic rings. The molecule has 0 fully saturated rings. The van der Waals surface area contributed by atoms with Gasteiger partial charge in [-0.05, 0) is 36.1 Å². The first-order valence-electron chi connectivity index (χ1n) is 5.65. The Bertz CT molecular complexity index is 276. The zero-order valence-electron chi connectivity index (χ0n) is 10.1. The second kappa shape index (κ2) is 9.05. The van der Waals surface area contributed by atoms with Crippen molar-refractivity contribution in [1.29, 1.82) is 0 Å². The van der Waals surface area contributed by atoms with Crippen LogP contribution in [0.15, 0.2) is 11.4 Å². The summed E-state index contributed by atoms with van der Waals surface area (Å²) in [5, 5.41) is 5.64. The van der Waals surface area contributed by atoms with E-state index >= 15 is 0 Å². The summed E-state index contributed by atoms with van der Waals surface area (Å²) in [6, 6.07) is 2.18. The van der Waals surface area contributed by atoms with E-state index in [0.717, 1.165) is 26.1 Å². The van der Waals surface area contributed by atoms with Gasteiger partial charge in [-0.25, -0.2) is 0 Å². The predicted octanol–water partition coefficient (Wildman–Crippen LogP) is 2.92. The van der Waals surface area contributed by atoms with E-state index in [2.05, 4.69) is 23.7 Å². The Labute approximate surface area is 107 Å². The number of methoxy groups -OCH3 is 1. The largest absolute Gasteiger partial charge is 0.385 e. The number of hydrogen-bond acceptors (Lipinski definition) is 4. The molecule has 0 aliphatic heterocycles. The van der Waals surface area contributed by atoms with E-state index in [1.807, 2.05) is 23.1 Å². The van der Waals surface area contributed by atoms with Crippen LogP contribution in [0.1, 0.15) is 16.9 Å². The lowest BCUT2D eigenvalue weighted by atomic mass is 10.3. The lowest BCUT2D eigenvalue weighted by Gasteiger charge is -2.04. The summed E-state index contributed by atoms with van der Waals surface area (Å²) in [6.45, 7) is 5.17. The number of hydrogen-bond donors (Lipinski definition) is 1. The van der Waals surface area contributed by atoms with Gasteiger partial charge in [0, 0.05) is 37.4 Å². The van der Waals surface area contributed by atoms with Crippen LogP contribution >= 0.6 is 23.1 Å². The van der Waals surface area contributed by atoms with Crippen molar-refractivity contribution >= 4 is 23.1 Å². The van der Waals surface area contributed by atoms with Gasteiger partial charge in [0.05, 0.1) is 0 Å². The van der Waals surface area contributed by atoms with Crippen molar-refractivity contribution in [2.75, 3.05) is 31.8 Å². The average Bonchev–Trinajstić information content (AvgIpc) is 2.68. The number of nitrogens with one attached hydrogen (secondary N) is 1. The highest BCUT2D eigenvalue weighted by Crippen LogP contribution is 2.14. The fourth-order valence-electron chi connectivity index (χ4n) is 1.34. The molecule has 1 aromatic heterocycles. The monoisotopic (exact) mass is 259 g/mol. The van der Waals surface area contributed by atoms with Crippen molar-refractivity contribution in [3.63, 3.8) is 0 Å². The Morgan fingerprint density at radius 1 is 1.44 bits per heavy atom. The molecule has 1 N–H and O–H groups in total. The molecule has 0 unspecified atom stereocenters. The number of aryl methyl sites for hydroxylation is 1. The van der Waals surface area contributed by atoms with Crippen molar-refractivity contribution in [3.05, 3.63) is 21.9 Å². The summed E-state index contributed by atoms with van der Waals surface area (Å²) < 4.78 is 5.00. The van der Waals surface area contributed by atoms with E-state index in [-0.39, 0.29) is 0 Å². The summed E-state index contributed by atoms with van der Waals surface area (Å²) in [4.78, 5) is 1.46. The number of rotatable bonds is 9. The van der Waals surface area contributed by atoms with Crippen LogP contribution < -0.4 is 5.32 Å². The molecule has 16 heavy (non-hydrogen) atoms. The van der Waals surface area contributed by atoms with Crippen LogP contribution in [0.2, 0.25) is 0 Å². The highest BCUT2D eigenvalue weighted by molar-refractivity contribution is 7.99. The van der Waals surface area contributed by atoms with Crippen LogP contribution in [0.5, 0.6) is 0 Å². The van der Waals surface area contributed by atoms with Crippen LogP contribution in [0.25, 0.3) is 0 Å². The van der Waals surface area contributed by atoms with Gasteiger partial charge < -0.3 is 10.1 Å². The Kier molecular flexibility index (Phi) is 7.93. The molecule has 4 heteroatoms. The lowest BCUT2D eigenvalue weighted by molar-refractivity contribution is 0.200. The first-order valence-corrected chi connectivity index (χ1v) is 7.68. The maximum absolute atomic E-state index is 5.00. The van der Waals surface area contributed by atoms with Crippen molar-refractivity contribution in [2.24, 2.45) is 0 Å². The molecule has 1 aromatic rings. The molecule has 0 saturated heterocycles. The Morgan fingerprint density at radius 3 is 3.00 bits per heavy atom. The molecule has 1 rings (SSSR count). The normalized spacial score (nSPS) is 10.9. The van der Waals surface area contributed by atoms with Crippen LogP contribution in [0, 0.1) is 6.92 Å². The molecule has 2 nitrogen and oxygen atoms in total. The Hall–Kier alpha value is -0.0300. The van der Waals surface area contributed by atoms with Crippen molar-refractivity contribution < 1.29 is 4.74 Å². The van der Waals surface area contributed by atoms with Crippen LogP contribution in [-0.4, -0.2) is 31.8 Å². The van der Waals surface area contributed by atoms with Gasteiger partial charge in [-0.2, -0.15) is 11.8 Å². The number of thiophene rings is 1. The van der Waals surface area contributed by atoms with E-state index in [1.54, 1.807) is 7.11 Å². The topological polar surface area (TPSA) is 21.3 Å². The smallest absolute Gasteiger partial charge is 0.0470 e. The third-order valence-corrected chi connectivity index (χ3v) is 4.41. The summed E-state index contributed by atoms with van der Waals surface area (Å²) in [7, 11) is 1.76. The van der Waals surface area contributed by atoms with E-state index in [1.165, 1.54) is 21.9 Å². The maximum atomic E-state index is 5.00. The average molecular weight is 259 g/mol. The zero-order valence-corrected chi connectivity index (χ0v) is 11.8. The van der Waals surface area contributed by atoms with Gasteiger partial charge in [0.2, 0.25) is 0 Å². The molecule has 1 heterocycles. The minimum Gasteiger partial charge on any atom is -0.385 e. The van der Waals surface area contributed by atoms with E-state index in [9.17, 15) is 0 Å². The summed E-state index contributed by atoms with van der Waals surface area (Å²) in [5.41, 5.74) is 1.41. The third-order valence-electron chi connectivity index (χ3n) is 2.31. The van der Waals surface area contributed by atoms with E-state index < -0.39 is 0 Å². The SMILES string of the molecule is COCCCSCCNCc1sccc1C. The molecule has 0 radical (unpaired) electrons. The quantitative estimate of drug-likeness (QED) is 0.689. The van der Waals surface area contributed by atoms with Gasteiger partial charge in [0.1, 0.15) is 0 Å². The zero-order chi connectivity index (χ0) is 11.6. The molecule has 0 atom stereocenters. The van der Waals surface area contributed by atoms with Gasteiger partial charge in [0.25, 0.3) is 0 Å². The first kappa shape index (κ1) is 14.0. The first-order chi connectivity index (χ1) is 7.84. The minimum absolute atomic E-state index is 0.884. The fourth-order valence-corrected chi connectivity index (χ4v) is 3.03. The maximum Gasteiger partial charge on any atom is 0.0470 e. The fraction of sp³-hybridized carbons (Fsp3) is 0.667. The second-order valence-electron chi connectivity index (χ2n) is 3.66. The number of ether oxygens (including phenoxy) is 1. The van der Waals surface area contributed by atoms with Crippen LogP contribution in [0.3, 0.4) is 0 Å². The summed E-state index contributed by atoms with van der Waals surface area (Å²) >= 11 is 3.83. The third kappa shape index (κ3) is 5.89. The van der Waals surface area contributed by atoms with Crippen LogP contribution in [0.4, 0.5) is 0 Å². The molecule has 0 aliphatic carbocycles. The highest BCUT2D eigenvalue weighted by atomic mass is 32.2. The van der Waals surface area contributed by atoms with Gasteiger partial charge in [-0.3, -0.25) is 0 Å². The molecule has 0 aromatic carbocycles. The van der Waals surface area contributed by atoms with Crippen molar-refractivity contribution in [2.45, 2.75) is 19.9 Å². The summed E-state index contributed by atoms with van der Waals surface area (Å²) in [5.74, 6) is 2.39. The minimum atomic E-state index is 0.884. The molecule has 0 bridgehead atoms. The molecule has 92 valence electrons. The highest BCUT2D eigenvalue weighted by Gasteiger charge is 1.98. The Balaban J connectivity index is 1.91. The molecule has 0 saturated carbocycles. The molecular weight excluding hydrogens is 238 g/mol. The summed E-state index contributed by atoms with van der Waals surface area (Å²) in [6.07, 6.45) is 1.16. The number of thioether (sulfide) groups is 1. The van der Waals surface area contributed by atoms with Crippen molar-refractivity contribution in [1.82, 2.24) is 5.32 Å². The second-order valence-corrected chi connectivity index (χ2v) is 5.89. The predicted molar refractivity (Wildman–Crippen MR) is 74.6 cm³/mol. The van der Waals surface area contributed by atoms with Gasteiger partial charge >= 0.3 is 0 Å². The molecule has 0 amide bonds. The van der Waals surface area contributed by atoms with Crippen LogP contribution in [-0.2, 0) is 11.3 Å². The lowest BCUT2D eigenvalue weighted by Crippen LogP contribution is -2.16. The van der Waals surface area contributed by atoms with Crippen molar-refractivity contribution in [3.8, 4) is 0 Å². The Morgan fingerprint density at radius 2 is 2.31 bits per heavy atom.